The van der Waals surface area contributed by atoms with E-state index in [-0.39, 0.29) is 24.8 Å². The molecule has 10 atom stereocenters. The summed E-state index contributed by atoms with van der Waals surface area (Å²) in [6.07, 6.45) is -1.86. The van der Waals surface area contributed by atoms with Crippen molar-refractivity contribution >= 4 is 11.8 Å². The van der Waals surface area contributed by atoms with Gasteiger partial charge in [0.1, 0.15) is 18.0 Å². The summed E-state index contributed by atoms with van der Waals surface area (Å²) in [6, 6.07) is 3.37. The number of ketones is 1. The first-order valence-corrected chi connectivity index (χ1v) is 12.0. The number of ether oxygens (including phenoxy) is 2. The van der Waals surface area contributed by atoms with Crippen molar-refractivity contribution in [2.75, 3.05) is 0 Å². The van der Waals surface area contributed by atoms with E-state index < -0.39 is 70.4 Å². The number of allylic oxidation sites excluding steroid dienone is 4. The van der Waals surface area contributed by atoms with E-state index in [0.29, 0.717) is 11.5 Å². The standard InChI is InChI=1S/C26H28F2O7/c1-12-4-5-18(33-12)21-34-20-10-14-15-9-17(27)16-8-13(29)6-7-23(16,2)25(15,28)19(30)11-24(14,3)26(20,35-21)22(31)32/h4-8,14-15,17,19-21,30H,9-11H2,1-3H3,(H,31,32)/t14?,15-,17-,19-,20+,21?,23-,24-,25-,26-/m0/s1. The van der Waals surface area contributed by atoms with Crippen molar-refractivity contribution in [3.05, 3.63) is 47.5 Å². The van der Waals surface area contributed by atoms with Gasteiger partial charge in [-0.25, -0.2) is 13.6 Å². The first-order valence-electron chi connectivity index (χ1n) is 12.0. The molecule has 2 unspecified atom stereocenters. The molecule has 1 saturated heterocycles. The van der Waals surface area contributed by atoms with Crippen molar-refractivity contribution < 1.29 is 42.5 Å². The smallest absolute Gasteiger partial charge is 0.339 e. The number of carboxylic acids is 1. The van der Waals surface area contributed by atoms with Gasteiger partial charge in [0.15, 0.2) is 22.8 Å². The molecule has 0 aromatic carbocycles. The van der Waals surface area contributed by atoms with E-state index in [1.165, 1.54) is 19.1 Å². The monoisotopic (exact) mass is 490 g/mol. The minimum atomic E-state index is -2.29. The number of hydrogen-bond acceptors (Lipinski definition) is 6. The summed E-state index contributed by atoms with van der Waals surface area (Å²) in [5.41, 5.74) is -6.91. The number of aryl methyl sites for hydroxylation is 1. The fraction of sp³-hybridized carbons (Fsp3) is 0.615. The molecule has 0 amide bonds. The lowest BCUT2D eigenvalue weighted by molar-refractivity contribution is -0.241. The van der Waals surface area contributed by atoms with Gasteiger partial charge >= 0.3 is 5.97 Å². The second-order valence-corrected chi connectivity index (χ2v) is 11.2. The molecule has 2 N–H and O–H groups in total. The van der Waals surface area contributed by atoms with E-state index in [0.717, 1.165) is 6.08 Å². The zero-order chi connectivity index (χ0) is 25.1. The lowest BCUT2D eigenvalue weighted by Crippen LogP contribution is -2.70. The fourth-order valence-corrected chi connectivity index (χ4v) is 8.02. The molecule has 1 aromatic heterocycles. The number of fused-ring (bicyclic) bond motifs is 7. The molecule has 0 bridgehead atoms. The van der Waals surface area contributed by atoms with E-state index in [1.54, 1.807) is 26.0 Å². The number of carboxylic acid groups (broad SMARTS) is 1. The maximum absolute atomic E-state index is 17.2. The van der Waals surface area contributed by atoms with E-state index in [2.05, 4.69) is 0 Å². The molecule has 0 radical (unpaired) electrons. The number of rotatable bonds is 2. The summed E-state index contributed by atoms with van der Waals surface area (Å²) in [4.78, 5) is 24.8. The summed E-state index contributed by atoms with van der Waals surface area (Å²) in [5.74, 6) is -2.39. The predicted octanol–water partition coefficient (Wildman–Crippen LogP) is 3.75. The third kappa shape index (κ3) is 2.54. The van der Waals surface area contributed by atoms with Crippen LogP contribution < -0.4 is 0 Å². The number of aliphatic carboxylic acids is 1. The molecule has 4 fully saturated rings. The largest absolute Gasteiger partial charge is 0.479 e. The van der Waals surface area contributed by atoms with Gasteiger partial charge in [-0.1, -0.05) is 13.0 Å². The van der Waals surface area contributed by atoms with Crippen LogP contribution in [-0.4, -0.2) is 51.6 Å². The zero-order valence-corrected chi connectivity index (χ0v) is 19.7. The van der Waals surface area contributed by atoms with Crippen LogP contribution in [0.25, 0.3) is 0 Å². The van der Waals surface area contributed by atoms with Crippen molar-refractivity contribution in [2.45, 2.75) is 76.0 Å². The molecule has 9 heteroatoms. The van der Waals surface area contributed by atoms with Crippen molar-refractivity contribution in [1.82, 2.24) is 0 Å². The third-order valence-corrected chi connectivity index (χ3v) is 9.68. The summed E-state index contributed by atoms with van der Waals surface area (Å²) in [6.45, 7) is 4.93. The number of carbonyl (C=O) groups excluding carboxylic acids is 1. The van der Waals surface area contributed by atoms with Gasteiger partial charge in [-0.3, -0.25) is 4.79 Å². The number of furan rings is 1. The minimum absolute atomic E-state index is 0.0262. The van der Waals surface area contributed by atoms with Gasteiger partial charge in [-0.15, -0.1) is 0 Å². The lowest BCUT2D eigenvalue weighted by Gasteiger charge is -2.62. The first-order chi connectivity index (χ1) is 16.4. The molecule has 188 valence electrons. The maximum Gasteiger partial charge on any atom is 0.339 e. The van der Waals surface area contributed by atoms with Crippen LogP contribution in [-0.2, 0) is 19.1 Å². The molecule has 7 nitrogen and oxygen atoms in total. The summed E-state index contributed by atoms with van der Waals surface area (Å²) >= 11 is 0. The van der Waals surface area contributed by atoms with Gasteiger partial charge in [-0.05, 0) is 68.9 Å². The third-order valence-electron chi connectivity index (χ3n) is 9.68. The Morgan fingerprint density at radius 3 is 2.60 bits per heavy atom. The molecule has 0 spiro atoms. The summed E-state index contributed by atoms with van der Waals surface area (Å²) in [5, 5.41) is 21.9. The number of hydrogen-bond donors (Lipinski definition) is 2. The van der Waals surface area contributed by atoms with E-state index in [4.69, 9.17) is 13.9 Å². The highest BCUT2D eigenvalue weighted by molar-refractivity contribution is 6.01. The highest BCUT2D eigenvalue weighted by Gasteiger charge is 2.80. The average Bonchev–Trinajstić information content (AvgIpc) is 3.45. The number of halogens is 2. The molecule has 35 heavy (non-hydrogen) atoms. The summed E-state index contributed by atoms with van der Waals surface area (Å²) < 4.78 is 50.5. The molecule has 2 heterocycles. The van der Waals surface area contributed by atoms with Crippen LogP contribution in [0.5, 0.6) is 0 Å². The molecular formula is C26H28F2O7. The van der Waals surface area contributed by atoms with Crippen molar-refractivity contribution in [3.63, 3.8) is 0 Å². The van der Waals surface area contributed by atoms with Gasteiger partial charge in [0.25, 0.3) is 0 Å². The Kier molecular flexibility index (Phi) is 4.54. The number of aliphatic hydroxyl groups is 1. The van der Waals surface area contributed by atoms with Gasteiger partial charge in [0.05, 0.1) is 6.10 Å². The van der Waals surface area contributed by atoms with Crippen LogP contribution in [0, 0.1) is 29.6 Å². The Morgan fingerprint density at radius 1 is 1.20 bits per heavy atom. The Bertz CT molecular complexity index is 1190. The molecule has 1 aromatic rings. The molecule has 3 saturated carbocycles. The SMILES string of the molecule is Cc1ccc(C2O[C@@H]3CC4[C@@H]5C[C@H](F)C6=CC(=O)C=C[C@]6(C)[C@@]5(F)[C@@H](O)C[C@]4(C)[C@]3(C(=O)O)O2)o1. The van der Waals surface area contributed by atoms with Crippen molar-refractivity contribution in [2.24, 2.45) is 22.7 Å². The average molecular weight is 490 g/mol. The van der Waals surface area contributed by atoms with Crippen LogP contribution in [0.2, 0.25) is 0 Å². The lowest BCUT2D eigenvalue weighted by atomic mass is 9.44. The second-order valence-electron chi connectivity index (χ2n) is 11.2. The molecule has 5 aliphatic rings. The Balaban J connectivity index is 1.44. The Hall–Kier alpha value is -2.36. The first kappa shape index (κ1) is 23.1. The van der Waals surface area contributed by atoms with Crippen LogP contribution in [0.4, 0.5) is 8.78 Å². The van der Waals surface area contributed by atoms with Gasteiger partial charge < -0.3 is 24.1 Å². The van der Waals surface area contributed by atoms with Crippen LogP contribution in [0.1, 0.15) is 50.9 Å². The number of aliphatic hydroxyl groups excluding tert-OH is 1. The van der Waals surface area contributed by atoms with Crippen LogP contribution >= 0.6 is 0 Å². The highest BCUT2D eigenvalue weighted by Crippen LogP contribution is 2.72. The Morgan fingerprint density at radius 2 is 1.94 bits per heavy atom. The minimum Gasteiger partial charge on any atom is -0.479 e. The van der Waals surface area contributed by atoms with Crippen LogP contribution in [0.15, 0.2) is 40.4 Å². The normalized spacial score (nSPS) is 50.2. The van der Waals surface area contributed by atoms with E-state index in [1.807, 2.05) is 0 Å². The maximum atomic E-state index is 17.2. The molecular weight excluding hydrogens is 462 g/mol. The molecule has 1 aliphatic heterocycles. The second kappa shape index (κ2) is 6.89. The highest BCUT2D eigenvalue weighted by atomic mass is 19.1. The topological polar surface area (TPSA) is 106 Å². The van der Waals surface area contributed by atoms with E-state index in [9.17, 15) is 19.8 Å². The molecule has 6 rings (SSSR count). The van der Waals surface area contributed by atoms with Crippen molar-refractivity contribution in [1.29, 1.82) is 0 Å². The quantitative estimate of drug-likeness (QED) is 0.650. The van der Waals surface area contributed by atoms with Crippen molar-refractivity contribution in [3.8, 4) is 0 Å². The Labute approximate surface area is 200 Å². The summed E-state index contributed by atoms with van der Waals surface area (Å²) in [7, 11) is 0. The van der Waals surface area contributed by atoms with Gasteiger partial charge in [-0.2, -0.15) is 0 Å². The molecule has 4 aliphatic carbocycles. The number of carbonyl (C=O) groups is 2. The van der Waals surface area contributed by atoms with Gasteiger partial charge in [0.2, 0.25) is 6.29 Å². The van der Waals surface area contributed by atoms with Gasteiger partial charge in [0, 0.05) is 16.7 Å². The van der Waals surface area contributed by atoms with Crippen LogP contribution in [0.3, 0.4) is 0 Å². The zero-order valence-electron chi connectivity index (χ0n) is 19.7. The predicted molar refractivity (Wildman–Crippen MR) is 117 cm³/mol. The number of alkyl halides is 2. The fourth-order valence-electron chi connectivity index (χ4n) is 8.02. The van der Waals surface area contributed by atoms with E-state index >= 15 is 8.78 Å².